The molecule has 146 valence electrons. The van der Waals surface area contributed by atoms with Crippen LogP contribution in [-0.2, 0) is 16.1 Å². The number of imidazole rings is 1. The van der Waals surface area contributed by atoms with Gasteiger partial charge in [0.2, 0.25) is 0 Å². The van der Waals surface area contributed by atoms with E-state index >= 15 is 0 Å². The van der Waals surface area contributed by atoms with E-state index in [1.807, 2.05) is 30.3 Å². The number of carbonyl (C=O) groups is 1. The van der Waals surface area contributed by atoms with Crippen molar-refractivity contribution in [1.82, 2.24) is 9.55 Å². The summed E-state index contributed by atoms with van der Waals surface area (Å²) in [7, 11) is 0. The molecule has 0 radical (unpaired) electrons. The van der Waals surface area contributed by atoms with Crippen molar-refractivity contribution >= 4 is 17.5 Å². The van der Waals surface area contributed by atoms with Crippen LogP contribution in [0.1, 0.15) is 25.8 Å². The number of nitrogens with zero attached hydrogens (tertiary/aromatic N) is 3. The Labute approximate surface area is 165 Å². The first-order chi connectivity index (χ1) is 13.1. The molecular weight excluding hydrogens is 387 g/mol. The number of thioether (sulfide) groups is 1. The van der Waals surface area contributed by atoms with E-state index in [1.165, 1.54) is 26.2 Å². The molecule has 0 saturated carbocycles. The zero-order valence-corrected chi connectivity index (χ0v) is 16.1. The molecule has 0 N–H and O–H groups in total. The summed E-state index contributed by atoms with van der Waals surface area (Å²) in [5.41, 5.74) is -3.56. The number of nitriles is 1. The molecule has 1 aliphatic carbocycles. The summed E-state index contributed by atoms with van der Waals surface area (Å²) in [6.45, 7) is 2.93. The molecule has 0 aliphatic heterocycles. The summed E-state index contributed by atoms with van der Waals surface area (Å²) in [5, 5.41) is 9.61. The summed E-state index contributed by atoms with van der Waals surface area (Å²) in [6.07, 6.45) is -1.98. The summed E-state index contributed by atoms with van der Waals surface area (Å²) >= 11 is 1.16. The fraction of sp³-hybridized carbons (Fsp3) is 0.350. The zero-order valence-electron chi connectivity index (χ0n) is 15.3. The third kappa shape index (κ3) is 3.35. The maximum atomic E-state index is 14.4. The average molecular weight is 405 g/mol. The van der Waals surface area contributed by atoms with Gasteiger partial charge in [0, 0.05) is 23.6 Å². The number of rotatable bonds is 4. The third-order valence-electron chi connectivity index (χ3n) is 4.90. The molecule has 1 unspecified atom stereocenters. The van der Waals surface area contributed by atoms with Crippen molar-refractivity contribution in [3.05, 3.63) is 59.9 Å². The van der Waals surface area contributed by atoms with Crippen molar-refractivity contribution in [2.45, 2.75) is 42.9 Å². The molecule has 1 aromatic heterocycles. The Hall–Kier alpha value is -2.53. The van der Waals surface area contributed by atoms with Gasteiger partial charge in [0.1, 0.15) is 0 Å². The molecule has 4 nitrogen and oxygen atoms in total. The molecule has 0 bridgehead atoms. The topological polar surface area (TPSA) is 58.7 Å². The summed E-state index contributed by atoms with van der Waals surface area (Å²) in [4.78, 5) is 16.3. The van der Waals surface area contributed by atoms with Gasteiger partial charge in [-0.2, -0.15) is 18.4 Å². The highest BCUT2D eigenvalue weighted by molar-refractivity contribution is 7.98. The van der Waals surface area contributed by atoms with Crippen LogP contribution in [0.3, 0.4) is 0 Å². The summed E-state index contributed by atoms with van der Waals surface area (Å²) in [5.74, 6) is -0.0535. The van der Waals surface area contributed by atoms with Crippen LogP contribution < -0.4 is 0 Å². The van der Waals surface area contributed by atoms with E-state index in [1.54, 1.807) is 6.07 Å². The van der Waals surface area contributed by atoms with Crippen molar-refractivity contribution in [2.24, 2.45) is 5.41 Å². The third-order valence-corrected chi connectivity index (χ3v) is 5.94. The van der Waals surface area contributed by atoms with Gasteiger partial charge in [-0.25, -0.2) is 4.98 Å². The van der Waals surface area contributed by atoms with E-state index in [9.17, 15) is 23.2 Å². The number of carbonyl (C=O) groups excluding carboxylic acids is 1. The van der Waals surface area contributed by atoms with Gasteiger partial charge in [0.25, 0.3) is 0 Å². The molecule has 0 saturated heterocycles. The van der Waals surface area contributed by atoms with Crippen LogP contribution in [0.5, 0.6) is 0 Å². The fourth-order valence-corrected chi connectivity index (χ4v) is 4.39. The first-order valence-corrected chi connectivity index (χ1v) is 9.54. The van der Waals surface area contributed by atoms with Crippen molar-refractivity contribution in [2.75, 3.05) is 0 Å². The molecule has 0 amide bonds. The second-order valence-electron chi connectivity index (χ2n) is 7.31. The monoisotopic (exact) mass is 405 g/mol. The van der Waals surface area contributed by atoms with Gasteiger partial charge in [-0.15, -0.1) is 0 Å². The predicted octanol–water partition coefficient (Wildman–Crippen LogP) is 4.88. The Balaban J connectivity index is 2.10. The van der Waals surface area contributed by atoms with Crippen LogP contribution in [0.15, 0.2) is 59.5 Å². The highest BCUT2D eigenvalue weighted by Gasteiger charge is 2.64. The Kier molecular flexibility index (Phi) is 5.15. The maximum Gasteiger partial charge on any atom is 0.417 e. The lowest BCUT2D eigenvalue weighted by atomic mass is 9.67. The highest BCUT2D eigenvalue weighted by atomic mass is 32.2. The Morgan fingerprint density at radius 3 is 2.57 bits per heavy atom. The van der Waals surface area contributed by atoms with Gasteiger partial charge < -0.3 is 4.57 Å². The van der Waals surface area contributed by atoms with Gasteiger partial charge in [-0.05, 0) is 18.1 Å². The van der Waals surface area contributed by atoms with Crippen molar-refractivity contribution in [3.63, 3.8) is 0 Å². The standard InChI is InChI=1S/C20H18F3N3OS/c1-18(2)13-19(20(21,22)23,15(11-24)10-16(18)27)26-9-8-25-17(26)28-12-14-6-4-3-5-7-14/h3-10H,12-13H2,1-2H3. The van der Waals surface area contributed by atoms with Crippen LogP contribution in [-0.4, -0.2) is 21.5 Å². The maximum absolute atomic E-state index is 14.4. The van der Waals surface area contributed by atoms with Crippen LogP contribution in [0.25, 0.3) is 0 Å². The summed E-state index contributed by atoms with van der Waals surface area (Å²) < 4.78 is 44.4. The van der Waals surface area contributed by atoms with Gasteiger partial charge in [0.15, 0.2) is 16.5 Å². The normalized spacial score (nSPS) is 21.9. The molecule has 1 atom stereocenters. The fourth-order valence-electron chi connectivity index (χ4n) is 3.41. The molecule has 0 spiro atoms. The van der Waals surface area contributed by atoms with Gasteiger partial charge >= 0.3 is 6.18 Å². The number of benzene rings is 1. The minimum Gasteiger partial charge on any atom is -0.306 e. The largest absolute Gasteiger partial charge is 0.417 e. The van der Waals surface area contributed by atoms with E-state index in [-0.39, 0.29) is 5.16 Å². The van der Waals surface area contributed by atoms with Crippen LogP contribution >= 0.6 is 11.8 Å². The van der Waals surface area contributed by atoms with E-state index in [0.717, 1.165) is 28.0 Å². The van der Waals surface area contributed by atoms with E-state index in [0.29, 0.717) is 5.75 Å². The van der Waals surface area contributed by atoms with Crippen LogP contribution in [0, 0.1) is 16.7 Å². The van der Waals surface area contributed by atoms with Crippen LogP contribution in [0.4, 0.5) is 13.2 Å². The number of alkyl halides is 3. The highest BCUT2D eigenvalue weighted by Crippen LogP contribution is 2.53. The van der Waals surface area contributed by atoms with Gasteiger partial charge in [0.05, 0.1) is 11.6 Å². The molecule has 8 heteroatoms. The molecule has 0 fully saturated rings. The summed E-state index contributed by atoms with van der Waals surface area (Å²) in [6, 6.07) is 10.9. The number of hydrogen-bond donors (Lipinski definition) is 0. The molecule has 1 aromatic carbocycles. The smallest absolute Gasteiger partial charge is 0.306 e. The lowest BCUT2D eigenvalue weighted by Crippen LogP contribution is -2.55. The Morgan fingerprint density at radius 2 is 1.96 bits per heavy atom. The minimum absolute atomic E-state index is 0.146. The van der Waals surface area contributed by atoms with E-state index in [4.69, 9.17) is 0 Å². The SMILES string of the molecule is CC1(C)CC(n2ccnc2SCc2ccccc2)(C(F)(F)F)C(C#N)=CC1=O. The first-order valence-electron chi connectivity index (χ1n) is 8.56. The number of allylic oxidation sites excluding steroid dienone is 2. The number of hydrogen-bond acceptors (Lipinski definition) is 4. The molecular formula is C20H18F3N3OS. The molecule has 2 aromatic rings. The Morgan fingerprint density at radius 1 is 1.29 bits per heavy atom. The predicted molar refractivity (Wildman–Crippen MR) is 99.4 cm³/mol. The zero-order chi connectivity index (χ0) is 20.6. The van der Waals surface area contributed by atoms with Crippen molar-refractivity contribution in [3.8, 4) is 6.07 Å². The first kappa shape index (κ1) is 20.2. The average Bonchev–Trinajstić information content (AvgIpc) is 3.10. The van der Waals surface area contributed by atoms with Crippen LogP contribution in [0.2, 0.25) is 0 Å². The quantitative estimate of drug-likeness (QED) is 0.680. The second kappa shape index (κ2) is 7.13. The minimum atomic E-state index is -4.78. The molecule has 3 rings (SSSR count). The lowest BCUT2D eigenvalue weighted by molar-refractivity contribution is -0.212. The van der Waals surface area contributed by atoms with Crippen molar-refractivity contribution in [1.29, 1.82) is 5.26 Å². The van der Waals surface area contributed by atoms with E-state index < -0.39 is 34.9 Å². The number of halogens is 3. The second-order valence-corrected chi connectivity index (χ2v) is 8.25. The van der Waals surface area contributed by atoms with Gasteiger partial charge in [-0.1, -0.05) is 55.9 Å². The molecule has 1 heterocycles. The van der Waals surface area contributed by atoms with E-state index in [2.05, 4.69) is 4.98 Å². The number of ketones is 1. The molecule has 28 heavy (non-hydrogen) atoms. The van der Waals surface area contributed by atoms with Gasteiger partial charge in [-0.3, -0.25) is 4.79 Å². The molecule has 1 aliphatic rings. The Bertz CT molecular complexity index is 957. The number of aromatic nitrogens is 2. The lowest BCUT2D eigenvalue weighted by Gasteiger charge is -2.44. The van der Waals surface area contributed by atoms with Crippen molar-refractivity contribution < 1.29 is 18.0 Å².